The summed E-state index contributed by atoms with van der Waals surface area (Å²) in [6.07, 6.45) is 4.27. The van der Waals surface area contributed by atoms with E-state index in [4.69, 9.17) is 11.5 Å². The molecular weight excluding hydrogens is 532 g/mol. The molecule has 4 atom stereocenters. The maximum absolute atomic E-state index is 13.3. The number of carboxylic acid groups (broad SMARTS) is 1. The van der Waals surface area contributed by atoms with E-state index in [2.05, 4.69) is 30.9 Å². The summed E-state index contributed by atoms with van der Waals surface area (Å²) in [7, 11) is 0. The molecular formula is C27H36N8O6. The van der Waals surface area contributed by atoms with Crippen molar-refractivity contribution in [1.82, 2.24) is 30.9 Å². The highest BCUT2D eigenvalue weighted by molar-refractivity contribution is 5.96. The van der Waals surface area contributed by atoms with Gasteiger partial charge in [-0.25, -0.2) is 9.78 Å². The van der Waals surface area contributed by atoms with Crippen LogP contribution in [0.15, 0.2) is 43.0 Å². The van der Waals surface area contributed by atoms with Gasteiger partial charge in [-0.2, -0.15) is 0 Å². The first kappa shape index (κ1) is 30.8. The van der Waals surface area contributed by atoms with Gasteiger partial charge in [0.25, 0.3) is 0 Å². The van der Waals surface area contributed by atoms with Crippen LogP contribution in [-0.2, 0) is 36.8 Å². The number of imidazole rings is 1. The van der Waals surface area contributed by atoms with Crippen molar-refractivity contribution in [2.24, 2.45) is 17.4 Å². The molecule has 0 spiro atoms. The van der Waals surface area contributed by atoms with Crippen molar-refractivity contribution in [3.63, 3.8) is 0 Å². The summed E-state index contributed by atoms with van der Waals surface area (Å²) < 4.78 is 0. The number of nitrogens with two attached hydrogens (primary N) is 2. The zero-order valence-electron chi connectivity index (χ0n) is 22.8. The molecule has 4 amide bonds. The van der Waals surface area contributed by atoms with Crippen LogP contribution in [0.25, 0.3) is 10.9 Å². The molecule has 0 saturated carbocycles. The van der Waals surface area contributed by atoms with E-state index in [1.54, 1.807) is 6.20 Å². The van der Waals surface area contributed by atoms with Crippen LogP contribution in [0, 0.1) is 5.92 Å². The fraction of sp³-hybridized carbons (Fsp3) is 0.407. The first-order valence-corrected chi connectivity index (χ1v) is 13.1. The van der Waals surface area contributed by atoms with Gasteiger partial charge in [-0.15, -0.1) is 0 Å². The Hall–Kier alpha value is -4.72. The lowest BCUT2D eigenvalue weighted by molar-refractivity contribution is -0.142. The van der Waals surface area contributed by atoms with Gasteiger partial charge in [0.2, 0.25) is 23.6 Å². The summed E-state index contributed by atoms with van der Waals surface area (Å²) in [5.74, 6) is -4.49. The van der Waals surface area contributed by atoms with E-state index in [1.165, 1.54) is 12.5 Å². The monoisotopic (exact) mass is 568 g/mol. The Morgan fingerprint density at radius 1 is 0.927 bits per heavy atom. The number of nitrogens with one attached hydrogen (secondary N) is 5. The smallest absolute Gasteiger partial charge is 0.326 e. The quantitative estimate of drug-likeness (QED) is 0.118. The number of carboxylic acids is 1. The van der Waals surface area contributed by atoms with E-state index in [-0.39, 0.29) is 25.2 Å². The molecule has 14 nitrogen and oxygen atoms in total. The molecule has 1 aromatic carbocycles. The Labute approximate surface area is 236 Å². The summed E-state index contributed by atoms with van der Waals surface area (Å²) in [6, 6.07) is 2.68. The third-order valence-corrected chi connectivity index (χ3v) is 6.42. The third-order valence-electron chi connectivity index (χ3n) is 6.42. The van der Waals surface area contributed by atoms with Gasteiger partial charge >= 0.3 is 5.97 Å². The van der Waals surface area contributed by atoms with Gasteiger partial charge in [0.15, 0.2) is 0 Å². The molecule has 0 aliphatic rings. The zero-order valence-corrected chi connectivity index (χ0v) is 22.8. The van der Waals surface area contributed by atoms with Crippen molar-refractivity contribution in [3.05, 3.63) is 54.2 Å². The van der Waals surface area contributed by atoms with Crippen LogP contribution in [0.5, 0.6) is 0 Å². The molecule has 0 saturated heterocycles. The van der Waals surface area contributed by atoms with Crippen molar-refractivity contribution in [3.8, 4) is 0 Å². The van der Waals surface area contributed by atoms with E-state index in [1.807, 2.05) is 38.1 Å². The summed E-state index contributed by atoms with van der Waals surface area (Å²) >= 11 is 0. The predicted octanol–water partition coefficient (Wildman–Crippen LogP) is -0.536. The van der Waals surface area contributed by atoms with Crippen molar-refractivity contribution in [2.75, 3.05) is 0 Å². The number of primary amides is 1. The number of amides is 4. The van der Waals surface area contributed by atoms with E-state index >= 15 is 0 Å². The highest BCUT2D eigenvalue weighted by Gasteiger charge is 2.32. The molecule has 2 heterocycles. The number of aromatic nitrogens is 3. The van der Waals surface area contributed by atoms with Gasteiger partial charge < -0.3 is 42.5 Å². The number of rotatable bonds is 15. The van der Waals surface area contributed by atoms with E-state index in [0.717, 1.165) is 16.5 Å². The predicted molar refractivity (Wildman–Crippen MR) is 149 cm³/mol. The molecule has 2 aromatic heterocycles. The van der Waals surface area contributed by atoms with Crippen LogP contribution in [0.1, 0.15) is 37.9 Å². The Bertz CT molecular complexity index is 1370. The van der Waals surface area contributed by atoms with Gasteiger partial charge in [-0.3, -0.25) is 19.2 Å². The lowest BCUT2D eigenvalue weighted by Gasteiger charge is -2.25. The highest BCUT2D eigenvalue weighted by Crippen LogP contribution is 2.19. The Balaban J connectivity index is 1.69. The number of para-hydroxylation sites is 1. The molecule has 41 heavy (non-hydrogen) atoms. The molecule has 14 heteroatoms. The van der Waals surface area contributed by atoms with Crippen LogP contribution in [0.3, 0.4) is 0 Å². The summed E-state index contributed by atoms with van der Waals surface area (Å²) in [5, 5.41) is 17.9. The van der Waals surface area contributed by atoms with Crippen LogP contribution < -0.4 is 27.4 Å². The number of carbonyl (C=O) groups is 5. The summed E-state index contributed by atoms with van der Waals surface area (Å²) in [6.45, 7) is 3.69. The molecule has 10 N–H and O–H groups in total. The molecule has 0 aliphatic heterocycles. The zero-order chi connectivity index (χ0) is 30.1. The molecule has 3 rings (SSSR count). The normalized spacial score (nSPS) is 14.1. The number of benzene rings is 1. The first-order valence-electron chi connectivity index (χ1n) is 13.1. The highest BCUT2D eigenvalue weighted by atomic mass is 16.4. The summed E-state index contributed by atoms with van der Waals surface area (Å²) in [4.78, 5) is 72.4. The Kier molecular flexibility index (Phi) is 10.6. The largest absolute Gasteiger partial charge is 0.480 e. The fourth-order valence-electron chi connectivity index (χ4n) is 4.38. The van der Waals surface area contributed by atoms with Gasteiger partial charge in [-0.1, -0.05) is 32.0 Å². The number of fused-ring (bicyclic) bond motifs is 1. The van der Waals surface area contributed by atoms with E-state index in [9.17, 15) is 29.1 Å². The minimum atomic E-state index is -1.48. The molecule has 0 aliphatic carbocycles. The third kappa shape index (κ3) is 8.89. The topological polar surface area (TPSA) is 238 Å². The second-order valence-corrected chi connectivity index (χ2v) is 10.3. The Morgan fingerprint density at radius 3 is 2.22 bits per heavy atom. The SMILES string of the molecule is CC(C)CC(NC(=O)C(N)Cc1c[nH]c2ccccc12)C(=O)NC(CC(N)=O)C(=O)NC(Cc1cnc[nH]1)C(=O)O. The number of aliphatic carboxylic acids is 1. The number of aromatic amines is 2. The standard InChI is InChI=1S/C27H36N8O6/c1-14(2)7-20(33-24(37)18(28)8-15-11-31-19-6-4-3-5-17(15)19)25(38)34-21(10-23(29)36)26(39)35-22(27(40)41)9-16-12-30-13-32-16/h3-6,11-14,18,20-22,31H,7-10,28H2,1-2H3,(H2,29,36)(H,30,32)(H,33,37)(H,34,38)(H,35,39)(H,40,41). The van der Waals surface area contributed by atoms with Gasteiger partial charge in [0.1, 0.15) is 18.1 Å². The summed E-state index contributed by atoms with van der Waals surface area (Å²) in [5.41, 5.74) is 13.7. The molecule has 4 unspecified atom stereocenters. The second-order valence-electron chi connectivity index (χ2n) is 10.3. The number of H-pyrrole nitrogens is 2. The average Bonchev–Trinajstić information content (AvgIpc) is 3.57. The lowest BCUT2D eigenvalue weighted by atomic mass is 10.0. The van der Waals surface area contributed by atoms with Crippen LogP contribution >= 0.6 is 0 Å². The van der Waals surface area contributed by atoms with Crippen LogP contribution in [0.2, 0.25) is 0 Å². The van der Waals surface area contributed by atoms with Crippen molar-refractivity contribution >= 4 is 40.5 Å². The van der Waals surface area contributed by atoms with Crippen molar-refractivity contribution in [1.29, 1.82) is 0 Å². The van der Waals surface area contributed by atoms with Gasteiger partial charge in [0, 0.05) is 35.4 Å². The van der Waals surface area contributed by atoms with Crippen molar-refractivity contribution < 1.29 is 29.1 Å². The van der Waals surface area contributed by atoms with Gasteiger partial charge in [0.05, 0.1) is 18.8 Å². The molecule has 220 valence electrons. The van der Waals surface area contributed by atoms with Crippen LogP contribution in [-0.4, -0.2) is 73.8 Å². The number of hydrogen-bond acceptors (Lipinski definition) is 7. The molecule has 0 radical (unpaired) electrons. The molecule has 0 fully saturated rings. The number of nitrogens with zero attached hydrogens (tertiary/aromatic N) is 1. The Morgan fingerprint density at radius 2 is 1.59 bits per heavy atom. The lowest BCUT2D eigenvalue weighted by Crippen LogP contribution is -2.58. The maximum Gasteiger partial charge on any atom is 0.326 e. The second kappa shape index (κ2) is 14.1. The minimum absolute atomic E-state index is 0.0369. The fourth-order valence-corrected chi connectivity index (χ4v) is 4.38. The van der Waals surface area contributed by atoms with E-state index in [0.29, 0.717) is 5.69 Å². The van der Waals surface area contributed by atoms with Gasteiger partial charge in [-0.05, 0) is 30.4 Å². The number of hydrogen-bond donors (Lipinski definition) is 8. The maximum atomic E-state index is 13.3. The first-order chi connectivity index (χ1) is 19.4. The molecule has 0 bridgehead atoms. The van der Waals surface area contributed by atoms with E-state index < -0.39 is 60.2 Å². The minimum Gasteiger partial charge on any atom is -0.480 e. The number of carbonyl (C=O) groups excluding carboxylic acids is 4. The van der Waals surface area contributed by atoms with Crippen LogP contribution in [0.4, 0.5) is 0 Å². The van der Waals surface area contributed by atoms with Crippen molar-refractivity contribution in [2.45, 2.75) is 63.7 Å². The average molecular weight is 569 g/mol. The molecule has 3 aromatic rings.